The lowest BCUT2D eigenvalue weighted by atomic mass is 10.1. The van der Waals surface area contributed by atoms with Gasteiger partial charge in [-0.25, -0.2) is 9.97 Å². The summed E-state index contributed by atoms with van der Waals surface area (Å²) in [6.07, 6.45) is 0. The number of hydrogen-bond acceptors (Lipinski definition) is 4. The average molecular weight is 297 g/mol. The summed E-state index contributed by atoms with van der Waals surface area (Å²) < 4.78 is 0. The highest BCUT2D eigenvalue weighted by atomic mass is 32.1. The van der Waals surface area contributed by atoms with Crippen molar-refractivity contribution in [1.29, 1.82) is 0 Å². The average Bonchev–Trinajstić information content (AvgIpc) is 2.96. The van der Waals surface area contributed by atoms with Crippen molar-refractivity contribution in [3.63, 3.8) is 0 Å². The number of rotatable bonds is 4. The topological polar surface area (TPSA) is 37.8 Å². The monoisotopic (exact) mass is 297 g/mol. The maximum Gasteiger partial charge on any atom is 0.139 e. The molecule has 108 valence electrons. The van der Waals surface area contributed by atoms with E-state index >= 15 is 0 Å². The molecule has 3 nitrogen and oxygen atoms in total. The fourth-order valence-corrected chi connectivity index (χ4v) is 3.04. The molecule has 0 saturated carbocycles. The zero-order valence-corrected chi connectivity index (χ0v) is 13.3. The van der Waals surface area contributed by atoms with Crippen molar-refractivity contribution < 1.29 is 0 Å². The van der Waals surface area contributed by atoms with Crippen molar-refractivity contribution >= 4 is 27.4 Å². The van der Waals surface area contributed by atoms with E-state index < -0.39 is 0 Å². The van der Waals surface area contributed by atoms with Gasteiger partial charge in [-0.05, 0) is 23.9 Å². The number of nitrogens with one attached hydrogen (secondary N) is 1. The SMILES string of the molecule is CC(C)c1nc(NC(C)c2ccccc2)c2ccsc2n1. The standard InChI is InChI=1S/C17H19N3S/c1-11(2)15-19-16(14-9-10-21-17(14)20-15)18-12(3)13-7-5-4-6-8-13/h4-12H,1-3H3,(H,18,19,20). The summed E-state index contributed by atoms with van der Waals surface area (Å²) in [5, 5.41) is 6.71. The van der Waals surface area contributed by atoms with Gasteiger partial charge in [0.2, 0.25) is 0 Å². The van der Waals surface area contributed by atoms with Crippen molar-refractivity contribution in [2.45, 2.75) is 32.7 Å². The highest BCUT2D eigenvalue weighted by Crippen LogP contribution is 2.29. The second-order valence-corrected chi connectivity index (χ2v) is 6.40. The van der Waals surface area contributed by atoms with E-state index in [2.05, 4.69) is 66.8 Å². The molecule has 21 heavy (non-hydrogen) atoms. The molecule has 4 heteroatoms. The lowest BCUT2D eigenvalue weighted by Crippen LogP contribution is -2.10. The molecule has 2 aromatic heterocycles. The minimum atomic E-state index is 0.212. The molecule has 1 aromatic carbocycles. The third-order valence-corrected chi connectivity index (χ3v) is 4.32. The molecule has 0 amide bonds. The highest BCUT2D eigenvalue weighted by molar-refractivity contribution is 7.16. The fraction of sp³-hybridized carbons (Fsp3) is 0.294. The number of fused-ring (bicyclic) bond motifs is 1. The van der Waals surface area contributed by atoms with Gasteiger partial charge in [0.25, 0.3) is 0 Å². The minimum Gasteiger partial charge on any atom is -0.363 e. The van der Waals surface area contributed by atoms with Gasteiger partial charge in [-0.1, -0.05) is 44.2 Å². The molecule has 0 saturated heterocycles. The van der Waals surface area contributed by atoms with E-state index in [1.54, 1.807) is 11.3 Å². The van der Waals surface area contributed by atoms with Gasteiger partial charge in [-0.3, -0.25) is 0 Å². The van der Waals surface area contributed by atoms with Crippen LogP contribution in [0.4, 0.5) is 5.82 Å². The van der Waals surface area contributed by atoms with Gasteiger partial charge >= 0.3 is 0 Å². The Bertz CT molecular complexity index is 734. The summed E-state index contributed by atoms with van der Waals surface area (Å²) in [6.45, 7) is 6.41. The lowest BCUT2D eigenvalue weighted by Gasteiger charge is -2.16. The van der Waals surface area contributed by atoms with Crippen LogP contribution in [0.3, 0.4) is 0 Å². The summed E-state index contributed by atoms with van der Waals surface area (Å²) in [5.41, 5.74) is 1.26. The smallest absolute Gasteiger partial charge is 0.139 e. The van der Waals surface area contributed by atoms with Crippen LogP contribution in [0.25, 0.3) is 10.2 Å². The molecule has 0 radical (unpaired) electrons. The first kappa shape index (κ1) is 14.0. The maximum atomic E-state index is 4.72. The van der Waals surface area contributed by atoms with Crippen LogP contribution in [-0.4, -0.2) is 9.97 Å². The van der Waals surface area contributed by atoms with Gasteiger partial charge < -0.3 is 5.32 Å². The van der Waals surface area contributed by atoms with Crippen molar-refractivity contribution in [2.24, 2.45) is 0 Å². The van der Waals surface area contributed by atoms with E-state index in [-0.39, 0.29) is 6.04 Å². The first-order valence-electron chi connectivity index (χ1n) is 7.22. The van der Waals surface area contributed by atoms with Gasteiger partial charge in [0.1, 0.15) is 16.5 Å². The van der Waals surface area contributed by atoms with Gasteiger partial charge in [0.15, 0.2) is 0 Å². The normalized spacial score (nSPS) is 12.8. The van der Waals surface area contributed by atoms with Crippen LogP contribution in [0, 0.1) is 0 Å². The number of benzene rings is 1. The molecule has 0 spiro atoms. The molecule has 1 atom stereocenters. The van der Waals surface area contributed by atoms with Crippen LogP contribution in [0.1, 0.15) is 44.1 Å². The molecule has 3 aromatic rings. The van der Waals surface area contributed by atoms with Crippen LogP contribution < -0.4 is 5.32 Å². The number of thiophene rings is 1. The molecule has 0 fully saturated rings. The molecule has 3 rings (SSSR count). The predicted octanol–water partition coefficient (Wildman–Crippen LogP) is 4.99. The molecular weight excluding hydrogens is 278 g/mol. The predicted molar refractivity (Wildman–Crippen MR) is 90.0 cm³/mol. The second-order valence-electron chi connectivity index (χ2n) is 5.50. The molecule has 1 unspecified atom stereocenters. The molecule has 0 aliphatic heterocycles. The van der Waals surface area contributed by atoms with Crippen molar-refractivity contribution in [1.82, 2.24) is 9.97 Å². The summed E-state index contributed by atoms with van der Waals surface area (Å²) >= 11 is 1.66. The fourth-order valence-electron chi connectivity index (χ4n) is 2.27. The number of nitrogens with zero attached hydrogens (tertiary/aromatic N) is 2. The number of hydrogen-bond donors (Lipinski definition) is 1. The van der Waals surface area contributed by atoms with E-state index in [0.29, 0.717) is 5.92 Å². The first-order valence-corrected chi connectivity index (χ1v) is 8.09. The Hall–Kier alpha value is -1.94. The molecule has 2 heterocycles. The van der Waals surface area contributed by atoms with Crippen LogP contribution in [0.5, 0.6) is 0 Å². The Morgan fingerprint density at radius 3 is 2.48 bits per heavy atom. The number of anilines is 1. The summed E-state index contributed by atoms with van der Waals surface area (Å²) in [4.78, 5) is 10.4. The second kappa shape index (κ2) is 5.82. The zero-order valence-electron chi connectivity index (χ0n) is 12.5. The summed E-state index contributed by atoms with van der Waals surface area (Å²) in [6, 6.07) is 12.7. The Kier molecular flexibility index (Phi) is 3.88. The van der Waals surface area contributed by atoms with Gasteiger partial charge in [0, 0.05) is 12.0 Å². The third-order valence-electron chi connectivity index (χ3n) is 3.51. The molecule has 0 aliphatic carbocycles. The first-order chi connectivity index (χ1) is 10.1. The molecule has 0 aliphatic rings. The van der Waals surface area contributed by atoms with Crippen molar-refractivity contribution in [3.05, 3.63) is 53.2 Å². The largest absolute Gasteiger partial charge is 0.363 e. The Balaban J connectivity index is 1.97. The van der Waals surface area contributed by atoms with Crippen LogP contribution in [0.2, 0.25) is 0 Å². The van der Waals surface area contributed by atoms with Crippen LogP contribution >= 0.6 is 11.3 Å². The third kappa shape index (κ3) is 2.90. The van der Waals surface area contributed by atoms with Gasteiger partial charge in [0.05, 0.1) is 5.39 Å². The summed E-state index contributed by atoms with van der Waals surface area (Å²) in [5.74, 6) is 2.15. The molecular formula is C17H19N3S. The van der Waals surface area contributed by atoms with E-state index in [1.165, 1.54) is 5.56 Å². The van der Waals surface area contributed by atoms with Crippen LogP contribution in [0.15, 0.2) is 41.8 Å². The Morgan fingerprint density at radius 2 is 1.76 bits per heavy atom. The van der Waals surface area contributed by atoms with Gasteiger partial charge in [-0.2, -0.15) is 0 Å². The molecule has 1 N–H and O–H groups in total. The highest BCUT2D eigenvalue weighted by Gasteiger charge is 2.13. The number of aromatic nitrogens is 2. The maximum absolute atomic E-state index is 4.72. The zero-order chi connectivity index (χ0) is 14.8. The van der Waals surface area contributed by atoms with Crippen LogP contribution in [-0.2, 0) is 0 Å². The van der Waals surface area contributed by atoms with E-state index in [4.69, 9.17) is 4.98 Å². The Labute approximate surface area is 129 Å². The van der Waals surface area contributed by atoms with E-state index in [9.17, 15) is 0 Å². The quantitative estimate of drug-likeness (QED) is 0.737. The Morgan fingerprint density at radius 1 is 1.00 bits per heavy atom. The lowest BCUT2D eigenvalue weighted by molar-refractivity contribution is 0.778. The van der Waals surface area contributed by atoms with Gasteiger partial charge in [-0.15, -0.1) is 11.3 Å². The van der Waals surface area contributed by atoms with E-state index in [1.807, 2.05) is 6.07 Å². The minimum absolute atomic E-state index is 0.212. The van der Waals surface area contributed by atoms with Crippen molar-refractivity contribution in [3.8, 4) is 0 Å². The summed E-state index contributed by atoms with van der Waals surface area (Å²) in [7, 11) is 0. The van der Waals surface area contributed by atoms with E-state index in [0.717, 1.165) is 21.9 Å². The van der Waals surface area contributed by atoms with Crippen molar-refractivity contribution in [2.75, 3.05) is 5.32 Å². The molecule has 0 bridgehead atoms.